The summed E-state index contributed by atoms with van der Waals surface area (Å²) in [6, 6.07) is 17.4. The van der Waals surface area contributed by atoms with Crippen LogP contribution < -0.4 is 5.43 Å². The molecule has 1 aliphatic heterocycles. The van der Waals surface area contributed by atoms with E-state index in [0.717, 1.165) is 21.3 Å². The van der Waals surface area contributed by atoms with E-state index in [9.17, 15) is 9.59 Å². The Morgan fingerprint density at radius 2 is 1.73 bits per heavy atom. The fourth-order valence-electron chi connectivity index (χ4n) is 2.88. The van der Waals surface area contributed by atoms with Gasteiger partial charge in [-0.05, 0) is 35.8 Å². The minimum absolute atomic E-state index is 0.0124. The number of carboxylic acids is 1. The second-order valence-corrected chi connectivity index (χ2v) is 6.98. The van der Waals surface area contributed by atoms with E-state index in [2.05, 4.69) is 21.4 Å². The molecule has 1 atom stereocenters. The zero-order chi connectivity index (χ0) is 18.5. The molecule has 6 heteroatoms. The standard InChI is InChI=1S/C20H19BrN2O3/c21-16-11-9-15(10-12-16)18-13-17(14-5-2-1-3-6-14)22-23(18)19(24)7-4-8-20(25)26/h1-3,5-6,9-13,18,22H,4,7-8H2,(H,25,26)/t18-/m1/s1. The van der Waals surface area contributed by atoms with Gasteiger partial charge in [-0.3, -0.25) is 15.0 Å². The summed E-state index contributed by atoms with van der Waals surface area (Å²) in [4.78, 5) is 23.4. The van der Waals surface area contributed by atoms with Gasteiger partial charge in [-0.15, -0.1) is 0 Å². The Kier molecular flexibility index (Phi) is 5.73. The molecule has 5 nitrogen and oxygen atoms in total. The second-order valence-electron chi connectivity index (χ2n) is 6.07. The van der Waals surface area contributed by atoms with Gasteiger partial charge in [0.2, 0.25) is 5.91 Å². The predicted molar refractivity (Wildman–Crippen MR) is 103 cm³/mol. The van der Waals surface area contributed by atoms with Gasteiger partial charge < -0.3 is 5.11 Å². The summed E-state index contributed by atoms with van der Waals surface area (Å²) in [6.45, 7) is 0. The largest absolute Gasteiger partial charge is 0.481 e. The van der Waals surface area contributed by atoms with Crippen LogP contribution >= 0.6 is 15.9 Å². The Hall–Kier alpha value is -2.60. The molecule has 3 rings (SSSR count). The molecule has 0 unspecified atom stereocenters. The van der Waals surface area contributed by atoms with E-state index in [0.29, 0.717) is 6.42 Å². The maximum absolute atomic E-state index is 12.7. The molecule has 0 saturated heterocycles. The van der Waals surface area contributed by atoms with Gasteiger partial charge >= 0.3 is 5.97 Å². The summed E-state index contributed by atoms with van der Waals surface area (Å²) in [6.07, 6.45) is 2.51. The summed E-state index contributed by atoms with van der Waals surface area (Å²) in [5.74, 6) is -1.01. The van der Waals surface area contributed by atoms with Gasteiger partial charge in [0.15, 0.2) is 0 Å². The van der Waals surface area contributed by atoms with E-state index in [4.69, 9.17) is 5.11 Å². The highest BCUT2D eigenvalue weighted by Gasteiger charge is 2.30. The first-order valence-corrected chi connectivity index (χ1v) is 9.17. The highest BCUT2D eigenvalue weighted by atomic mass is 79.9. The van der Waals surface area contributed by atoms with Crippen molar-refractivity contribution >= 4 is 33.5 Å². The maximum Gasteiger partial charge on any atom is 0.303 e. The molecular weight excluding hydrogens is 396 g/mol. The molecule has 0 bridgehead atoms. The van der Waals surface area contributed by atoms with Crippen LogP contribution in [0, 0.1) is 0 Å². The van der Waals surface area contributed by atoms with E-state index in [1.807, 2.05) is 60.7 Å². The molecule has 2 N–H and O–H groups in total. The zero-order valence-corrected chi connectivity index (χ0v) is 15.6. The SMILES string of the molecule is O=C(O)CCCC(=O)N1NC(c2ccccc2)=C[C@@H]1c1ccc(Br)cc1. The summed E-state index contributed by atoms with van der Waals surface area (Å²) in [7, 11) is 0. The predicted octanol–water partition coefficient (Wildman–Crippen LogP) is 4.13. The zero-order valence-electron chi connectivity index (χ0n) is 14.1. The van der Waals surface area contributed by atoms with E-state index >= 15 is 0 Å². The number of halogens is 1. The van der Waals surface area contributed by atoms with Gasteiger partial charge in [0.05, 0.1) is 11.7 Å². The molecule has 2 aromatic carbocycles. The Bertz CT molecular complexity index is 819. The third kappa shape index (κ3) is 4.32. The number of aliphatic carboxylic acids is 1. The fraction of sp³-hybridized carbons (Fsp3) is 0.200. The quantitative estimate of drug-likeness (QED) is 0.745. The number of carbonyl (C=O) groups is 2. The number of rotatable bonds is 6. The van der Waals surface area contributed by atoms with Crippen molar-refractivity contribution in [3.05, 3.63) is 76.3 Å². The molecule has 0 spiro atoms. The summed E-state index contributed by atoms with van der Waals surface area (Å²) >= 11 is 3.43. The number of nitrogens with one attached hydrogen (secondary N) is 1. The second kappa shape index (κ2) is 8.19. The van der Waals surface area contributed by atoms with Crippen LogP contribution in [0.3, 0.4) is 0 Å². The summed E-state index contributed by atoms with van der Waals surface area (Å²) in [5, 5.41) is 10.4. The first-order chi connectivity index (χ1) is 12.5. The topological polar surface area (TPSA) is 69.6 Å². The highest BCUT2D eigenvalue weighted by molar-refractivity contribution is 9.10. The Morgan fingerprint density at radius 1 is 1.04 bits per heavy atom. The number of nitrogens with zero attached hydrogens (tertiary/aromatic N) is 1. The van der Waals surface area contributed by atoms with E-state index in [1.165, 1.54) is 0 Å². The van der Waals surface area contributed by atoms with Crippen molar-refractivity contribution < 1.29 is 14.7 Å². The van der Waals surface area contributed by atoms with E-state index < -0.39 is 5.97 Å². The van der Waals surface area contributed by atoms with E-state index in [1.54, 1.807) is 5.01 Å². The fourth-order valence-corrected chi connectivity index (χ4v) is 3.15. The van der Waals surface area contributed by atoms with Gasteiger partial charge in [-0.2, -0.15) is 0 Å². The van der Waals surface area contributed by atoms with Crippen LogP contribution in [0.2, 0.25) is 0 Å². The van der Waals surface area contributed by atoms with Crippen molar-refractivity contribution in [3.63, 3.8) is 0 Å². The molecule has 1 amide bonds. The highest BCUT2D eigenvalue weighted by Crippen LogP contribution is 2.32. The first-order valence-electron chi connectivity index (χ1n) is 8.38. The van der Waals surface area contributed by atoms with E-state index in [-0.39, 0.29) is 24.8 Å². The number of hydrogen-bond donors (Lipinski definition) is 2. The monoisotopic (exact) mass is 414 g/mol. The first kappa shape index (κ1) is 18.2. The molecule has 0 saturated carbocycles. The minimum Gasteiger partial charge on any atom is -0.481 e. The van der Waals surface area contributed by atoms with Crippen LogP contribution in [0.25, 0.3) is 5.70 Å². The van der Waals surface area contributed by atoms with Crippen LogP contribution in [0.5, 0.6) is 0 Å². The molecule has 1 heterocycles. The summed E-state index contributed by atoms with van der Waals surface area (Å²) < 4.78 is 0.971. The van der Waals surface area contributed by atoms with Crippen LogP contribution in [-0.4, -0.2) is 22.0 Å². The van der Waals surface area contributed by atoms with Gasteiger partial charge in [0, 0.05) is 17.3 Å². The molecule has 0 fully saturated rings. The molecule has 134 valence electrons. The van der Waals surface area contributed by atoms with Gasteiger partial charge in [-0.25, -0.2) is 5.01 Å². The average molecular weight is 415 g/mol. The lowest BCUT2D eigenvalue weighted by molar-refractivity contribution is -0.137. The smallest absolute Gasteiger partial charge is 0.303 e. The van der Waals surface area contributed by atoms with Gasteiger partial charge in [0.25, 0.3) is 0 Å². The molecule has 0 aliphatic carbocycles. The van der Waals surface area contributed by atoms with Gasteiger partial charge in [0.1, 0.15) is 0 Å². The van der Waals surface area contributed by atoms with Crippen molar-refractivity contribution in [2.24, 2.45) is 0 Å². The lowest BCUT2D eigenvalue weighted by atomic mass is 10.0. The number of carbonyl (C=O) groups excluding carboxylic acids is 1. The average Bonchev–Trinajstić information content (AvgIpc) is 3.08. The molecular formula is C20H19BrN2O3. The molecule has 0 aromatic heterocycles. The van der Waals surface area contributed by atoms with Crippen molar-refractivity contribution in [2.45, 2.75) is 25.3 Å². The van der Waals surface area contributed by atoms with Crippen molar-refractivity contribution in [1.29, 1.82) is 0 Å². The van der Waals surface area contributed by atoms with Crippen LogP contribution in [0.15, 0.2) is 65.1 Å². The molecule has 2 aromatic rings. The Labute approximate surface area is 160 Å². The Balaban J connectivity index is 1.83. The lowest BCUT2D eigenvalue weighted by Gasteiger charge is -2.25. The minimum atomic E-state index is -0.889. The molecule has 0 radical (unpaired) electrons. The van der Waals surface area contributed by atoms with Crippen LogP contribution in [0.4, 0.5) is 0 Å². The van der Waals surface area contributed by atoms with Gasteiger partial charge in [-0.1, -0.05) is 58.4 Å². The summed E-state index contributed by atoms with van der Waals surface area (Å²) in [5.41, 5.74) is 6.04. The molecule has 26 heavy (non-hydrogen) atoms. The van der Waals surface area contributed by atoms with Crippen molar-refractivity contribution in [3.8, 4) is 0 Å². The lowest BCUT2D eigenvalue weighted by Crippen LogP contribution is -2.39. The molecule has 1 aliphatic rings. The van der Waals surface area contributed by atoms with Crippen molar-refractivity contribution in [1.82, 2.24) is 10.4 Å². The van der Waals surface area contributed by atoms with Crippen LogP contribution in [0.1, 0.15) is 36.4 Å². The third-order valence-corrected chi connectivity index (χ3v) is 4.72. The number of hydrazine groups is 1. The Morgan fingerprint density at radius 3 is 2.38 bits per heavy atom. The third-order valence-electron chi connectivity index (χ3n) is 4.19. The van der Waals surface area contributed by atoms with Crippen molar-refractivity contribution in [2.75, 3.05) is 0 Å². The number of amides is 1. The normalized spacial score (nSPS) is 16.1. The number of carboxylic acid groups (broad SMARTS) is 1. The number of benzene rings is 2. The number of hydrogen-bond acceptors (Lipinski definition) is 3. The van der Waals surface area contributed by atoms with Crippen LogP contribution in [-0.2, 0) is 9.59 Å². The maximum atomic E-state index is 12.7.